The first-order valence-electron chi connectivity index (χ1n) is 6.16. The summed E-state index contributed by atoms with van der Waals surface area (Å²) in [6, 6.07) is 9.69. The second-order valence-corrected chi connectivity index (χ2v) is 4.37. The zero-order valence-electron chi connectivity index (χ0n) is 11.2. The van der Waals surface area contributed by atoms with Gasteiger partial charge >= 0.3 is 0 Å². The fourth-order valence-electron chi connectivity index (χ4n) is 1.81. The molecule has 0 radical (unpaired) electrons. The number of nitrogens with one attached hydrogen (secondary N) is 1. The van der Waals surface area contributed by atoms with Gasteiger partial charge in [-0.05, 0) is 36.8 Å². The molecule has 0 aliphatic rings. The minimum Gasteiger partial charge on any atom is -0.496 e. The maximum absolute atomic E-state index is 9.27. The summed E-state index contributed by atoms with van der Waals surface area (Å²) in [5.74, 6) is 0.696. The fraction of sp³-hybridized carbons (Fsp3) is 0.267. The molecule has 1 heterocycles. The first kappa shape index (κ1) is 13.4. The molecular weight excluding hydrogens is 240 g/mol. The summed E-state index contributed by atoms with van der Waals surface area (Å²) in [6.07, 6.45) is 1.85. The van der Waals surface area contributed by atoms with E-state index in [1.807, 2.05) is 43.5 Å². The molecule has 0 unspecified atom stereocenters. The van der Waals surface area contributed by atoms with Crippen molar-refractivity contribution in [1.82, 2.24) is 4.98 Å². The Bertz CT molecular complexity index is 538. The lowest BCUT2D eigenvalue weighted by Gasteiger charge is -2.10. The standard InChI is InChI=1S/C15H18N2O2/c1-11-3-4-14(16-8-11)9-17-13-5-6-15(19-2)12(7-13)10-18/h3-8,17-18H,9-10H2,1-2H3. The van der Waals surface area contributed by atoms with Crippen LogP contribution in [0.25, 0.3) is 0 Å². The average Bonchev–Trinajstić information content (AvgIpc) is 2.46. The number of nitrogens with zero attached hydrogens (tertiary/aromatic N) is 1. The highest BCUT2D eigenvalue weighted by Gasteiger charge is 2.03. The lowest BCUT2D eigenvalue weighted by molar-refractivity contribution is 0.274. The first-order chi connectivity index (χ1) is 9.22. The Morgan fingerprint density at radius 3 is 2.74 bits per heavy atom. The average molecular weight is 258 g/mol. The van der Waals surface area contributed by atoms with E-state index in [-0.39, 0.29) is 6.61 Å². The van der Waals surface area contributed by atoms with Gasteiger partial charge in [-0.2, -0.15) is 0 Å². The van der Waals surface area contributed by atoms with Crippen LogP contribution in [0.3, 0.4) is 0 Å². The monoisotopic (exact) mass is 258 g/mol. The van der Waals surface area contributed by atoms with Crippen molar-refractivity contribution in [3.05, 3.63) is 53.3 Å². The molecule has 4 heteroatoms. The zero-order chi connectivity index (χ0) is 13.7. The van der Waals surface area contributed by atoms with Crippen LogP contribution in [0.1, 0.15) is 16.8 Å². The van der Waals surface area contributed by atoms with Crippen LogP contribution >= 0.6 is 0 Å². The maximum atomic E-state index is 9.27. The lowest BCUT2D eigenvalue weighted by atomic mass is 10.2. The van der Waals surface area contributed by atoms with E-state index in [0.29, 0.717) is 12.3 Å². The number of hydrogen-bond donors (Lipinski definition) is 2. The number of hydrogen-bond acceptors (Lipinski definition) is 4. The molecule has 2 N–H and O–H groups in total. The minimum atomic E-state index is -0.0402. The van der Waals surface area contributed by atoms with Crippen molar-refractivity contribution in [2.24, 2.45) is 0 Å². The van der Waals surface area contributed by atoms with Crippen molar-refractivity contribution in [3.63, 3.8) is 0 Å². The summed E-state index contributed by atoms with van der Waals surface area (Å²) in [7, 11) is 1.60. The molecule has 0 aliphatic heterocycles. The normalized spacial score (nSPS) is 10.3. The number of aromatic nitrogens is 1. The smallest absolute Gasteiger partial charge is 0.124 e. The third-order valence-corrected chi connectivity index (χ3v) is 2.90. The van der Waals surface area contributed by atoms with Gasteiger partial charge in [0, 0.05) is 17.4 Å². The number of aliphatic hydroxyl groups is 1. The summed E-state index contributed by atoms with van der Waals surface area (Å²) in [5.41, 5.74) is 3.83. The number of benzene rings is 1. The molecule has 1 aromatic heterocycles. The van der Waals surface area contributed by atoms with Crippen molar-refractivity contribution < 1.29 is 9.84 Å². The Hall–Kier alpha value is -2.07. The molecule has 0 saturated heterocycles. The number of methoxy groups -OCH3 is 1. The van der Waals surface area contributed by atoms with E-state index in [0.717, 1.165) is 22.5 Å². The summed E-state index contributed by atoms with van der Waals surface area (Å²) < 4.78 is 5.17. The molecule has 4 nitrogen and oxygen atoms in total. The van der Waals surface area contributed by atoms with Gasteiger partial charge in [0.2, 0.25) is 0 Å². The van der Waals surface area contributed by atoms with Gasteiger partial charge in [0.05, 0.1) is 26.0 Å². The number of pyridine rings is 1. The Balaban J connectivity index is 2.05. The summed E-state index contributed by atoms with van der Waals surface area (Å²) in [4.78, 5) is 4.33. The molecule has 2 aromatic rings. The number of rotatable bonds is 5. The van der Waals surface area contributed by atoms with Crippen LogP contribution in [-0.2, 0) is 13.2 Å². The number of aryl methyl sites for hydroxylation is 1. The summed E-state index contributed by atoms with van der Waals surface area (Å²) in [6.45, 7) is 2.63. The molecule has 19 heavy (non-hydrogen) atoms. The van der Waals surface area contributed by atoms with E-state index in [1.54, 1.807) is 7.11 Å². The predicted octanol–water partition coefficient (Wildman–Crippen LogP) is 2.50. The van der Waals surface area contributed by atoms with E-state index in [9.17, 15) is 5.11 Å². The van der Waals surface area contributed by atoms with E-state index in [2.05, 4.69) is 10.3 Å². The van der Waals surface area contributed by atoms with Gasteiger partial charge < -0.3 is 15.2 Å². The summed E-state index contributed by atoms with van der Waals surface area (Å²) in [5, 5.41) is 12.5. The van der Waals surface area contributed by atoms with Crippen LogP contribution < -0.4 is 10.1 Å². The van der Waals surface area contributed by atoms with Gasteiger partial charge in [-0.3, -0.25) is 4.98 Å². The Morgan fingerprint density at radius 1 is 1.26 bits per heavy atom. The Morgan fingerprint density at radius 2 is 2.11 bits per heavy atom. The number of anilines is 1. The molecule has 0 bridgehead atoms. The van der Waals surface area contributed by atoms with Gasteiger partial charge in [0.15, 0.2) is 0 Å². The topological polar surface area (TPSA) is 54.4 Å². The Labute approximate surface area is 113 Å². The van der Waals surface area contributed by atoms with Crippen molar-refractivity contribution in [2.45, 2.75) is 20.1 Å². The molecular formula is C15H18N2O2. The van der Waals surface area contributed by atoms with Crippen LogP contribution in [-0.4, -0.2) is 17.2 Å². The summed E-state index contributed by atoms with van der Waals surface area (Å²) >= 11 is 0. The van der Waals surface area contributed by atoms with Gasteiger partial charge in [0.1, 0.15) is 5.75 Å². The van der Waals surface area contributed by atoms with E-state index < -0.39 is 0 Å². The molecule has 0 fully saturated rings. The number of aliphatic hydroxyl groups excluding tert-OH is 1. The van der Waals surface area contributed by atoms with Crippen LogP contribution in [0.5, 0.6) is 5.75 Å². The second kappa shape index (κ2) is 6.20. The van der Waals surface area contributed by atoms with Gasteiger partial charge in [-0.15, -0.1) is 0 Å². The van der Waals surface area contributed by atoms with E-state index >= 15 is 0 Å². The molecule has 0 atom stereocenters. The SMILES string of the molecule is COc1ccc(NCc2ccc(C)cn2)cc1CO. The van der Waals surface area contributed by atoms with Crippen LogP contribution in [0.2, 0.25) is 0 Å². The Kier molecular flexibility index (Phi) is 4.36. The largest absolute Gasteiger partial charge is 0.496 e. The number of ether oxygens (including phenoxy) is 1. The quantitative estimate of drug-likeness (QED) is 0.865. The molecule has 0 saturated carbocycles. The molecule has 0 amide bonds. The van der Waals surface area contributed by atoms with Crippen molar-refractivity contribution in [2.75, 3.05) is 12.4 Å². The van der Waals surface area contributed by atoms with Gasteiger partial charge in [-0.25, -0.2) is 0 Å². The third kappa shape index (κ3) is 3.45. The lowest BCUT2D eigenvalue weighted by Crippen LogP contribution is -2.02. The second-order valence-electron chi connectivity index (χ2n) is 4.37. The molecule has 2 rings (SSSR count). The van der Waals surface area contributed by atoms with E-state index in [4.69, 9.17) is 4.74 Å². The minimum absolute atomic E-state index is 0.0402. The van der Waals surface area contributed by atoms with Crippen LogP contribution in [0, 0.1) is 6.92 Å². The molecule has 0 spiro atoms. The third-order valence-electron chi connectivity index (χ3n) is 2.90. The highest BCUT2D eigenvalue weighted by atomic mass is 16.5. The highest BCUT2D eigenvalue weighted by Crippen LogP contribution is 2.22. The van der Waals surface area contributed by atoms with E-state index in [1.165, 1.54) is 0 Å². The molecule has 0 aliphatic carbocycles. The highest BCUT2D eigenvalue weighted by molar-refractivity contribution is 5.51. The van der Waals surface area contributed by atoms with Gasteiger partial charge in [-0.1, -0.05) is 6.07 Å². The van der Waals surface area contributed by atoms with Crippen molar-refractivity contribution in [1.29, 1.82) is 0 Å². The van der Waals surface area contributed by atoms with Crippen molar-refractivity contribution >= 4 is 5.69 Å². The molecule has 1 aromatic carbocycles. The van der Waals surface area contributed by atoms with Gasteiger partial charge in [0.25, 0.3) is 0 Å². The predicted molar refractivity (Wildman–Crippen MR) is 75.2 cm³/mol. The fourth-order valence-corrected chi connectivity index (χ4v) is 1.81. The maximum Gasteiger partial charge on any atom is 0.124 e. The molecule has 100 valence electrons. The first-order valence-corrected chi connectivity index (χ1v) is 6.16. The van der Waals surface area contributed by atoms with Crippen LogP contribution in [0.15, 0.2) is 36.5 Å². The zero-order valence-corrected chi connectivity index (χ0v) is 11.2. The van der Waals surface area contributed by atoms with Crippen LogP contribution in [0.4, 0.5) is 5.69 Å². The van der Waals surface area contributed by atoms with Crippen molar-refractivity contribution in [3.8, 4) is 5.75 Å².